The molecule has 3 aromatic carbocycles. The Labute approximate surface area is 198 Å². The Morgan fingerprint density at radius 3 is 2.48 bits per heavy atom. The normalized spacial score (nSPS) is 11.1. The molecule has 8 nitrogen and oxygen atoms in total. The lowest BCUT2D eigenvalue weighted by Gasteiger charge is -2.10. The number of carbonyl (C=O) groups is 1. The highest BCUT2D eigenvalue weighted by atomic mass is 35.5. The Morgan fingerprint density at radius 2 is 1.67 bits per heavy atom. The van der Waals surface area contributed by atoms with Crippen molar-refractivity contribution in [3.05, 3.63) is 83.9 Å². The lowest BCUT2D eigenvalue weighted by molar-refractivity contribution is -0.115. The number of para-hydroxylation sites is 2. The van der Waals surface area contributed by atoms with Crippen molar-refractivity contribution >= 4 is 46.0 Å². The summed E-state index contributed by atoms with van der Waals surface area (Å²) >= 11 is 7.35. The fourth-order valence-electron chi connectivity index (χ4n) is 3.30. The predicted molar refractivity (Wildman–Crippen MR) is 129 cm³/mol. The molecule has 1 amide bonds. The van der Waals surface area contributed by atoms with E-state index in [0.717, 1.165) is 16.7 Å². The van der Waals surface area contributed by atoms with Crippen LogP contribution in [-0.2, 0) is 4.79 Å². The van der Waals surface area contributed by atoms with E-state index in [0.29, 0.717) is 34.0 Å². The molecular formula is C23H18ClN7OS. The molecule has 0 saturated heterocycles. The number of benzene rings is 3. The van der Waals surface area contributed by atoms with Crippen molar-refractivity contribution in [3.8, 4) is 11.6 Å². The van der Waals surface area contributed by atoms with E-state index in [1.807, 2.05) is 59.2 Å². The average Bonchev–Trinajstić information content (AvgIpc) is 3.45. The lowest BCUT2D eigenvalue weighted by Crippen LogP contribution is -2.12. The van der Waals surface area contributed by atoms with Crippen LogP contribution in [0, 0.1) is 0 Å². The molecule has 5 rings (SSSR count). The number of aromatic nitrogens is 6. The third-order valence-electron chi connectivity index (χ3n) is 4.86. The number of fused-ring (bicyclic) bond motifs is 1. The summed E-state index contributed by atoms with van der Waals surface area (Å²) in [5.74, 6) is 0.976. The fraction of sp³-hybridized carbons (Fsp3) is 0.0870. The van der Waals surface area contributed by atoms with Gasteiger partial charge in [0.25, 0.3) is 5.95 Å². The monoisotopic (exact) mass is 475 g/mol. The third-order valence-corrected chi connectivity index (χ3v) is 6.04. The van der Waals surface area contributed by atoms with Gasteiger partial charge in [-0.15, -0.1) is 15.3 Å². The van der Waals surface area contributed by atoms with E-state index in [1.165, 1.54) is 11.8 Å². The van der Waals surface area contributed by atoms with Crippen LogP contribution in [0.15, 0.2) is 84.0 Å². The molecule has 5 aromatic rings. The molecule has 0 saturated carbocycles. The van der Waals surface area contributed by atoms with E-state index in [4.69, 9.17) is 11.6 Å². The minimum absolute atomic E-state index is 0.0851. The van der Waals surface area contributed by atoms with Crippen molar-refractivity contribution in [2.45, 2.75) is 11.6 Å². The Bertz CT molecular complexity index is 1400. The number of hydrogen-bond acceptors (Lipinski definition) is 6. The first-order valence-electron chi connectivity index (χ1n) is 10.2. The van der Waals surface area contributed by atoms with Crippen LogP contribution < -0.4 is 5.32 Å². The number of halogens is 1. The van der Waals surface area contributed by atoms with Crippen molar-refractivity contribution in [1.82, 2.24) is 29.8 Å². The summed E-state index contributed by atoms with van der Waals surface area (Å²) < 4.78 is 3.59. The van der Waals surface area contributed by atoms with Crippen LogP contribution in [0.25, 0.3) is 22.7 Å². The number of carbonyl (C=O) groups excluding carboxylic acids is 1. The Hall–Kier alpha value is -3.69. The van der Waals surface area contributed by atoms with Gasteiger partial charge in [-0.25, -0.2) is 0 Å². The topological polar surface area (TPSA) is 90.5 Å². The maximum atomic E-state index is 12.4. The molecule has 0 radical (unpaired) electrons. The first-order valence-corrected chi connectivity index (χ1v) is 11.6. The van der Waals surface area contributed by atoms with Crippen molar-refractivity contribution in [1.29, 1.82) is 0 Å². The van der Waals surface area contributed by atoms with Gasteiger partial charge in [-0.3, -0.25) is 9.36 Å². The van der Waals surface area contributed by atoms with Gasteiger partial charge in [0.15, 0.2) is 5.16 Å². The van der Waals surface area contributed by atoms with E-state index < -0.39 is 0 Å². The van der Waals surface area contributed by atoms with Crippen LogP contribution in [0.5, 0.6) is 0 Å². The zero-order chi connectivity index (χ0) is 22.6. The van der Waals surface area contributed by atoms with Gasteiger partial charge in [-0.05, 0) is 48.5 Å². The van der Waals surface area contributed by atoms with Gasteiger partial charge in [-0.1, -0.05) is 58.9 Å². The smallest absolute Gasteiger partial charge is 0.259 e. The van der Waals surface area contributed by atoms with Gasteiger partial charge in [0.2, 0.25) is 5.91 Å². The zero-order valence-electron chi connectivity index (χ0n) is 17.3. The molecule has 0 aliphatic heterocycles. The number of amides is 1. The quantitative estimate of drug-likeness (QED) is 0.341. The second kappa shape index (κ2) is 9.43. The van der Waals surface area contributed by atoms with Crippen molar-refractivity contribution in [2.24, 2.45) is 0 Å². The molecule has 0 spiro atoms. The number of anilines is 1. The largest absolute Gasteiger partial charge is 0.326 e. The number of hydrogen-bond donors (Lipinski definition) is 1. The molecule has 0 fully saturated rings. The number of rotatable bonds is 7. The summed E-state index contributed by atoms with van der Waals surface area (Å²) in [7, 11) is 0. The van der Waals surface area contributed by atoms with Gasteiger partial charge in [0, 0.05) is 22.9 Å². The lowest BCUT2D eigenvalue weighted by atomic mass is 10.3. The number of nitrogens with one attached hydrogen (secondary N) is 1. The molecule has 1 N–H and O–H groups in total. The number of thioether (sulfide) groups is 1. The molecule has 33 heavy (non-hydrogen) atoms. The van der Waals surface area contributed by atoms with Crippen LogP contribution in [0.2, 0.25) is 5.02 Å². The molecule has 2 heterocycles. The molecule has 10 heteroatoms. The highest BCUT2D eigenvalue weighted by Crippen LogP contribution is 2.26. The van der Waals surface area contributed by atoms with E-state index >= 15 is 0 Å². The van der Waals surface area contributed by atoms with Gasteiger partial charge in [-0.2, -0.15) is 4.68 Å². The van der Waals surface area contributed by atoms with Crippen LogP contribution in [0.3, 0.4) is 0 Å². The van der Waals surface area contributed by atoms with Gasteiger partial charge in [0.1, 0.15) is 5.52 Å². The van der Waals surface area contributed by atoms with E-state index in [-0.39, 0.29) is 5.91 Å². The summed E-state index contributed by atoms with van der Waals surface area (Å²) in [5, 5.41) is 21.5. The van der Waals surface area contributed by atoms with E-state index in [1.54, 1.807) is 28.9 Å². The fourth-order valence-corrected chi connectivity index (χ4v) is 4.32. The molecule has 0 bridgehead atoms. The second-order valence-corrected chi connectivity index (χ2v) is 8.60. The molecule has 0 atom stereocenters. The summed E-state index contributed by atoms with van der Waals surface area (Å²) in [6.07, 6.45) is 0.316. The molecule has 0 aliphatic carbocycles. The van der Waals surface area contributed by atoms with E-state index in [2.05, 4.69) is 25.8 Å². The second-order valence-electron chi connectivity index (χ2n) is 7.10. The standard InChI is InChI=1S/C23H18ClN7OS/c24-16-10-12-17(13-11-16)25-21(32)14-15-33-23-28-27-22(30(23)18-6-2-1-3-7-18)31-20-9-5-4-8-19(20)26-29-31/h1-13H,14-15H2,(H,25,32). The van der Waals surface area contributed by atoms with Crippen LogP contribution in [0.4, 0.5) is 5.69 Å². The highest BCUT2D eigenvalue weighted by molar-refractivity contribution is 7.99. The van der Waals surface area contributed by atoms with Gasteiger partial charge in [0.05, 0.1) is 11.2 Å². The number of nitrogens with zero attached hydrogens (tertiary/aromatic N) is 6. The molecule has 164 valence electrons. The van der Waals surface area contributed by atoms with Crippen molar-refractivity contribution in [2.75, 3.05) is 11.1 Å². The van der Waals surface area contributed by atoms with Crippen molar-refractivity contribution < 1.29 is 4.79 Å². The molecule has 0 unspecified atom stereocenters. The zero-order valence-corrected chi connectivity index (χ0v) is 18.9. The third kappa shape index (κ3) is 4.59. The predicted octanol–water partition coefficient (Wildman–Crippen LogP) is 4.78. The minimum atomic E-state index is -0.0851. The van der Waals surface area contributed by atoms with Crippen molar-refractivity contribution in [3.63, 3.8) is 0 Å². The van der Waals surface area contributed by atoms with Gasteiger partial charge >= 0.3 is 0 Å². The van der Waals surface area contributed by atoms with Crippen LogP contribution in [-0.4, -0.2) is 41.4 Å². The summed E-state index contributed by atoms with van der Waals surface area (Å²) in [6, 6.07) is 24.5. The Kier molecular flexibility index (Phi) is 6.05. The SMILES string of the molecule is O=C(CCSc1nnc(-n2nnc3ccccc32)n1-c1ccccc1)Nc1ccc(Cl)cc1. The Balaban J connectivity index is 1.38. The average molecular weight is 476 g/mol. The van der Waals surface area contributed by atoms with Crippen LogP contribution in [0.1, 0.15) is 6.42 Å². The first-order chi connectivity index (χ1) is 16.2. The maximum Gasteiger partial charge on any atom is 0.259 e. The summed E-state index contributed by atoms with van der Waals surface area (Å²) in [5.41, 5.74) is 3.21. The molecular weight excluding hydrogens is 458 g/mol. The first kappa shape index (κ1) is 21.2. The van der Waals surface area contributed by atoms with Crippen LogP contribution >= 0.6 is 23.4 Å². The summed E-state index contributed by atoms with van der Waals surface area (Å²) in [6.45, 7) is 0. The maximum absolute atomic E-state index is 12.4. The van der Waals surface area contributed by atoms with Gasteiger partial charge < -0.3 is 5.32 Å². The Morgan fingerprint density at radius 1 is 0.909 bits per heavy atom. The molecule has 2 aromatic heterocycles. The molecule has 0 aliphatic rings. The minimum Gasteiger partial charge on any atom is -0.326 e. The summed E-state index contributed by atoms with van der Waals surface area (Å²) in [4.78, 5) is 12.4. The van der Waals surface area contributed by atoms with E-state index in [9.17, 15) is 4.79 Å². The highest BCUT2D eigenvalue weighted by Gasteiger charge is 2.19.